The smallest absolute Gasteiger partial charge is 0.315 e. The highest BCUT2D eigenvalue weighted by Crippen LogP contribution is 2.35. The number of benzene rings is 2. The zero-order chi connectivity index (χ0) is 28.4. The van der Waals surface area contributed by atoms with E-state index in [-0.39, 0.29) is 53.5 Å². The van der Waals surface area contributed by atoms with Crippen LogP contribution in [0, 0.1) is 0 Å². The molecule has 10 nitrogen and oxygen atoms in total. The molecule has 0 saturated carbocycles. The zero-order valence-corrected chi connectivity index (χ0v) is 23.8. The lowest BCUT2D eigenvalue weighted by molar-refractivity contribution is -0.129. The van der Waals surface area contributed by atoms with Crippen LogP contribution in [-0.4, -0.2) is 75.8 Å². The van der Waals surface area contributed by atoms with E-state index in [0.29, 0.717) is 24.4 Å². The first-order chi connectivity index (χ1) is 19.2. The monoisotopic (exact) mass is 602 g/mol. The Morgan fingerprint density at radius 2 is 1.77 bits per heavy atom. The van der Waals surface area contributed by atoms with E-state index in [1.807, 2.05) is 18.2 Å². The Hall–Kier alpha value is -3.35. The number of nitrogens with zero attached hydrogens (tertiary/aromatic N) is 4. The molecule has 40 heavy (non-hydrogen) atoms. The van der Waals surface area contributed by atoms with E-state index < -0.39 is 33.1 Å². The first kappa shape index (κ1) is 28.2. The van der Waals surface area contributed by atoms with Crippen LogP contribution in [0.15, 0.2) is 69.2 Å². The lowest BCUT2D eigenvalue weighted by atomic mass is 10.1. The standard InChI is InChI=1S/C27H27ClN4O6S2/c28-19-9-4-5-11-21(19)39-17-22(33)31-12-6-10-20(31)25-29-26(35)24(34)23-27(36)30(13-14-32(23)25)15-16-40(37,38)18-7-2-1-3-8-18/h1-5,7-9,11,20,34H,6,10,12-17H2/t20-/m1/s1. The summed E-state index contributed by atoms with van der Waals surface area (Å²) in [5.74, 6) is -1.51. The fraction of sp³-hybridized carbons (Fsp3) is 0.333. The number of rotatable bonds is 8. The van der Waals surface area contributed by atoms with E-state index >= 15 is 0 Å². The van der Waals surface area contributed by atoms with Gasteiger partial charge in [0.05, 0.1) is 27.5 Å². The van der Waals surface area contributed by atoms with Gasteiger partial charge < -0.3 is 19.5 Å². The zero-order valence-electron chi connectivity index (χ0n) is 21.4. The molecular weight excluding hydrogens is 576 g/mol. The molecule has 1 fully saturated rings. The van der Waals surface area contributed by atoms with Crippen molar-refractivity contribution < 1.29 is 23.1 Å². The summed E-state index contributed by atoms with van der Waals surface area (Å²) in [6.07, 6.45) is 1.24. The number of carbonyl (C=O) groups excluding carboxylic acids is 2. The van der Waals surface area contributed by atoms with Crippen LogP contribution in [0.25, 0.3) is 0 Å². The highest BCUT2D eigenvalue weighted by Gasteiger charge is 2.38. The molecule has 210 valence electrons. The fourth-order valence-electron chi connectivity index (χ4n) is 5.04. The van der Waals surface area contributed by atoms with E-state index in [1.54, 1.807) is 29.2 Å². The minimum absolute atomic E-state index is 0.103. The Kier molecular flexibility index (Phi) is 8.20. The van der Waals surface area contributed by atoms with Crippen LogP contribution in [0.2, 0.25) is 5.02 Å². The first-order valence-electron chi connectivity index (χ1n) is 12.7. The van der Waals surface area contributed by atoms with Crippen molar-refractivity contribution in [3.63, 3.8) is 0 Å². The topological polar surface area (TPSA) is 130 Å². The van der Waals surface area contributed by atoms with Gasteiger partial charge in [-0.05, 0) is 37.1 Å². The lowest BCUT2D eigenvalue weighted by Gasteiger charge is -2.33. The third-order valence-electron chi connectivity index (χ3n) is 7.06. The number of amides is 2. The van der Waals surface area contributed by atoms with Gasteiger partial charge in [-0.1, -0.05) is 41.9 Å². The molecule has 1 atom stereocenters. The molecule has 1 N–H and O–H groups in total. The van der Waals surface area contributed by atoms with E-state index in [2.05, 4.69) is 4.98 Å². The van der Waals surface area contributed by atoms with Crippen LogP contribution in [0.5, 0.6) is 5.75 Å². The number of hydrogen-bond acceptors (Lipinski definition) is 8. The van der Waals surface area contributed by atoms with Gasteiger partial charge in [0, 0.05) is 31.1 Å². The van der Waals surface area contributed by atoms with Crippen molar-refractivity contribution in [3.05, 3.63) is 81.5 Å². The Labute approximate surface area is 240 Å². The normalized spacial score (nSPS) is 17.2. The maximum Gasteiger partial charge on any atom is 0.315 e. The minimum atomic E-state index is -3.64. The number of hydrogen-bond donors (Lipinski definition) is 1. The third kappa shape index (κ3) is 5.61. The molecule has 13 heteroatoms. The molecule has 0 spiro atoms. The average Bonchev–Trinajstić information content (AvgIpc) is 3.44. The van der Waals surface area contributed by atoms with Crippen molar-refractivity contribution in [2.75, 3.05) is 31.1 Å². The van der Waals surface area contributed by atoms with Gasteiger partial charge in [-0.3, -0.25) is 14.4 Å². The SMILES string of the molecule is O=C1c2c(O)c(=O)nc([C@H]3CCCN3C(=O)CSc3ccccc3Cl)n2CCN1CCS(=O)(=O)c1ccccc1. The van der Waals surface area contributed by atoms with Gasteiger partial charge in [-0.25, -0.2) is 8.42 Å². The number of fused-ring (bicyclic) bond motifs is 1. The number of carbonyl (C=O) groups is 2. The molecule has 3 aromatic rings. The van der Waals surface area contributed by atoms with Crippen molar-refractivity contribution in [1.29, 1.82) is 0 Å². The van der Waals surface area contributed by atoms with E-state index in [1.165, 1.54) is 33.4 Å². The highest BCUT2D eigenvalue weighted by atomic mass is 35.5. The lowest BCUT2D eigenvalue weighted by Crippen LogP contribution is -2.46. The molecule has 2 amide bonds. The summed E-state index contributed by atoms with van der Waals surface area (Å²) >= 11 is 7.54. The molecule has 2 aromatic carbocycles. The molecule has 2 aliphatic heterocycles. The van der Waals surface area contributed by atoms with Gasteiger partial charge in [-0.15, -0.1) is 11.8 Å². The molecule has 0 bridgehead atoms. The quantitative estimate of drug-likeness (QED) is 0.390. The number of halogens is 1. The molecule has 1 aromatic heterocycles. The van der Waals surface area contributed by atoms with Crippen molar-refractivity contribution >= 4 is 45.0 Å². The van der Waals surface area contributed by atoms with Crippen molar-refractivity contribution in [3.8, 4) is 5.75 Å². The van der Waals surface area contributed by atoms with Crippen LogP contribution in [0.3, 0.4) is 0 Å². The summed E-state index contributed by atoms with van der Waals surface area (Å²) in [6.45, 7) is 0.719. The molecule has 3 heterocycles. The molecule has 0 radical (unpaired) electrons. The number of sulfone groups is 1. The van der Waals surface area contributed by atoms with Crippen molar-refractivity contribution in [2.45, 2.75) is 35.2 Å². The second-order valence-corrected chi connectivity index (χ2v) is 13.0. The maximum absolute atomic E-state index is 13.4. The number of thioether (sulfide) groups is 1. The molecular formula is C27H27ClN4O6S2. The predicted octanol–water partition coefficient (Wildman–Crippen LogP) is 2.99. The molecule has 5 rings (SSSR count). The Balaban J connectivity index is 1.36. The summed E-state index contributed by atoms with van der Waals surface area (Å²) in [6, 6.07) is 14.7. The van der Waals surface area contributed by atoms with Gasteiger partial charge in [0.15, 0.2) is 15.5 Å². The summed E-state index contributed by atoms with van der Waals surface area (Å²) in [5.41, 5.74) is -1.19. The van der Waals surface area contributed by atoms with Gasteiger partial charge in [0.25, 0.3) is 5.91 Å². The molecule has 1 saturated heterocycles. The Bertz CT molecular complexity index is 1610. The maximum atomic E-state index is 13.4. The molecule has 0 aliphatic carbocycles. The predicted molar refractivity (Wildman–Crippen MR) is 150 cm³/mol. The van der Waals surface area contributed by atoms with Gasteiger partial charge in [0.1, 0.15) is 5.82 Å². The summed E-state index contributed by atoms with van der Waals surface area (Å²) in [4.78, 5) is 47.3. The average molecular weight is 603 g/mol. The van der Waals surface area contributed by atoms with Gasteiger partial charge in [-0.2, -0.15) is 4.98 Å². The molecule has 2 aliphatic rings. The molecule has 0 unspecified atom stereocenters. The van der Waals surface area contributed by atoms with Crippen LogP contribution < -0.4 is 5.56 Å². The summed E-state index contributed by atoms with van der Waals surface area (Å²) in [7, 11) is -3.64. The van der Waals surface area contributed by atoms with Crippen LogP contribution in [-0.2, 0) is 21.2 Å². The Morgan fingerprint density at radius 1 is 1.05 bits per heavy atom. The summed E-state index contributed by atoms with van der Waals surface area (Å²) < 4.78 is 27.0. The second-order valence-electron chi connectivity index (χ2n) is 9.51. The van der Waals surface area contributed by atoms with E-state index in [9.17, 15) is 27.9 Å². The van der Waals surface area contributed by atoms with Gasteiger partial charge in [0.2, 0.25) is 11.7 Å². The highest BCUT2D eigenvalue weighted by molar-refractivity contribution is 8.00. The van der Waals surface area contributed by atoms with Crippen molar-refractivity contribution in [1.82, 2.24) is 19.4 Å². The van der Waals surface area contributed by atoms with Crippen molar-refractivity contribution in [2.24, 2.45) is 0 Å². The van der Waals surface area contributed by atoms with E-state index in [4.69, 9.17) is 11.6 Å². The number of aromatic hydroxyl groups is 1. The van der Waals surface area contributed by atoms with Gasteiger partial charge >= 0.3 is 5.56 Å². The number of aromatic nitrogens is 2. The summed E-state index contributed by atoms with van der Waals surface area (Å²) in [5, 5.41) is 11.1. The second kappa shape index (κ2) is 11.6. The van der Waals surface area contributed by atoms with Crippen LogP contribution in [0.4, 0.5) is 0 Å². The fourth-order valence-corrected chi connectivity index (χ4v) is 7.43. The van der Waals surface area contributed by atoms with Crippen LogP contribution in [0.1, 0.15) is 35.2 Å². The first-order valence-corrected chi connectivity index (χ1v) is 15.8. The van der Waals surface area contributed by atoms with E-state index in [0.717, 1.165) is 4.90 Å². The Morgan fingerprint density at radius 3 is 2.52 bits per heavy atom. The largest absolute Gasteiger partial charge is 0.501 e. The minimum Gasteiger partial charge on any atom is -0.501 e. The number of likely N-dealkylation sites (tertiary alicyclic amines) is 1. The third-order valence-corrected chi connectivity index (χ3v) is 10.3. The van der Waals surface area contributed by atoms with Crippen LogP contribution >= 0.6 is 23.4 Å².